The molecule has 2 fully saturated rings. The highest BCUT2D eigenvalue weighted by atomic mass is 16.5. The lowest BCUT2D eigenvalue weighted by atomic mass is 10.0. The van der Waals surface area contributed by atoms with Crippen molar-refractivity contribution >= 4 is 5.69 Å². The highest BCUT2D eigenvalue weighted by molar-refractivity contribution is 5.69. The molecule has 8 nitrogen and oxygen atoms in total. The van der Waals surface area contributed by atoms with Gasteiger partial charge in [0.2, 0.25) is 5.88 Å². The molecular weight excluding hydrogens is 392 g/mol. The molecule has 0 radical (unpaired) electrons. The van der Waals surface area contributed by atoms with Crippen molar-refractivity contribution < 1.29 is 9.47 Å². The van der Waals surface area contributed by atoms with Gasteiger partial charge in [-0.05, 0) is 44.2 Å². The number of rotatable bonds is 4. The summed E-state index contributed by atoms with van der Waals surface area (Å²) in [6, 6.07) is 9.34. The molecule has 0 aliphatic carbocycles. The van der Waals surface area contributed by atoms with Crippen LogP contribution in [-0.2, 0) is 11.3 Å². The highest BCUT2D eigenvalue weighted by Crippen LogP contribution is 2.35. The summed E-state index contributed by atoms with van der Waals surface area (Å²) in [4.78, 5) is 13.9. The number of piperidine rings is 1. The van der Waals surface area contributed by atoms with Crippen LogP contribution in [0.2, 0.25) is 0 Å². The molecule has 6 rings (SSSR count). The molecule has 2 saturated heterocycles. The summed E-state index contributed by atoms with van der Waals surface area (Å²) in [5, 5.41) is 4.77. The number of aromatic nitrogens is 4. The van der Waals surface area contributed by atoms with Gasteiger partial charge < -0.3 is 14.4 Å². The van der Waals surface area contributed by atoms with Crippen molar-refractivity contribution in [3.8, 4) is 23.0 Å². The van der Waals surface area contributed by atoms with E-state index in [0.717, 1.165) is 48.9 Å². The lowest BCUT2D eigenvalue weighted by molar-refractivity contribution is -0.0718. The number of anilines is 1. The predicted molar refractivity (Wildman–Crippen MR) is 117 cm³/mol. The third-order valence-electron chi connectivity index (χ3n) is 6.75. The molecule has 3 aromatic rings. The Bertz CT molecular complexity index is 1070. The zero-order valence-electron chi connectivity index (χ0n) is 17.6. The summed E-state index contributed by atoms with van der Waals surface area (Å²) in [5.41, 5.74) is 4.07. The third-order valence-corrected chi connectivity index (χ3v) is 6.75. The van der Waals surface area contributed by atoms with Crippen LogP contribution in [0.25, 0.3) is 17.1 Å². The molecule has 3 aliphatic rings. The summed E-state index contributed by atoms with van der Waals surface area (Å²) in [5.74, 6) is 1.45. The maximum absolute atomic E-state index is 5.75. The summed E-state index contributed by atoms with van der Waals surface area (Å²) in [7, 11) is 2.24. The van der Waals surface area contributed by atoms with Gasteiger partial charge in [0.05, 0.1) is 36.7 Å². The number of fused-ring (bicyclic) bond motifs is 3. The largest absolute Gasteiger partial charge is 0.472 e. The van der Waals surface area contributed by atoms with Crippen LogP contribution < -0.4 is 9.64 Å². The van der Waals surface area contributed by atoms with E-state index in [0.29, 0.717) is 24.6 Å². The Morgan fingerprint density at radius 2 is 1.94 bits per heavy atom. The molecule has 0 bridgehead atoms. The Morgan fingerprint density at radius 3 is 2.68 bits per heavy atom. The van der Waals surface area contributed by atoms with E-state index in [2.05, 4.69) is 27.9 Å². The molecule has 6 heterocycles. The molecule has 0 atom stereocenters. The van der Waals surface area contributed by atoms with Crippen LogP contribution in [0, 0.1) is 0 Å². The average Bonchev–Trinajstić information content (AvgIpc) is 3.23. The summed E-state index contributed by atoms with van der Waals surface area (Å²) in [6.07, 6.45) is 8.05. The molecule has 0 saturated carbocycles. The first-order chi connectivity index (χ1) is 15.3. The molecule has 0 amide bonds. The third kappa shape index (κ3) is 3.36. The fourth-order valence-electron chi connectivity index (χ4n) is 4.68. The van der Waals surface area contributed by atoms with Gasteiger partial charge in [-0.15, -0.1) is 0 Å². The molecule has 0 unspecified atom stereocenters. The van der Waals surface area contributed by atoms with Crippen LogP contribution in [0.1, 0.15) is 18.4 Å². The van der Waals surface area contributed by atoms with E-state index in [1.807, 2.05) is 35.3 Å². The number of hydrogen-bond acceptors (Lipinski definition) is 7. The van der Waals surface area contributed by atoms with Crippen molar-refractivity contribution in [1.29, 1.82) is 0 Å². The first kappa shape index (κ1) is 18.8. The number of likely N-dealkylation sites (N-methyl/N-ethyl adjacent to an activating group) is 1. The summed E-state index contributed by atoms with van der Waals surface area (Å²) < 4.78 is 12.9. The van der Waals surface area contributed by atoms with Crippen molar-refractivity contribution in [1.82, 2.24) is 24.6 Å². The minimum absolute atomic E-state index is 0.480. The molecule has 8 heteroatoms. The second-order valence-corrected chi connectivity index (χ2v) is 8.54. The highest BCUT2D eigenvalue weighted by Gasteiger charge is 2.31. The van der Waals surface area contributed by atoms with Gasteiger partial charge in [0, 0.05) is 37.1 Å². The van der Waals surface area contributed by atoms with Crippen molar-refractivity contribution in [2.45, 2.75) is 31.5 Å². The van der Waals surface area contributed by atoms with Crippen molar-refractivity contribution in [3.63, 3.8) is 0 Å². The average molecular weight is 419 g/mol. The van der Waals surface area contributed by atoms with Crippen molar-refractivity contribution in [2.75, 3.05) is 38.3 Å². The van der Waals surface area contributed by atoms with Gasteiger partial charge in [0.25, 0.3) is 0 Å². The standard InChI is InChI=1S/C23H26N6O2/c1-27(19-14-30-15-19)17-6-9-28(10-7-17)18-4-5-21(25-11-18)29-12-16-13-31-23-20(22(16)26-29)3-2-8-24-23/h2-5,8,11-12,17,19H,6-7,9-10,13-15H2,1H3. The Balaban J connectivity index is 1.15. The maximum Gasteiger partial charge on any atom is 0.223 e. The fraction of sp³-hybridized carbons (Fsp3) is 0.435. The van der Waals surface area contributed by atoms with Gasteiger partial charge in [-0.3, -0.25) is 4.90 Å². The molecule has 160 valence electrons. The second kappa shape index (κ2) is 7.62. The van der Waals surface area contributed by atoms with Gasteiger partial charge in [-0.25, -0.2) is 14.6 Å². The number of ether oxygens (including phenoxy) is 2. The van der Waals surface area contributed by atoms with E-state index in [4.69, 9.17) is 19.6 Å². The Hall–Kier alpha value is -2.97. The lowest BCUT2D eigenvalue weighted by Crippen LogP contribution is -2.54. The summed E-state index contributed by atoms with van der Waals surface area (Å²) >= 11 is 0. The van der Waals surface area contributed by atoms with E-state index in [9.17, 15) is 0 Å². The SMILES string of the molecule is CN(C1CCN(c2ccc(-n3cc4c(n3)-c3cccnc3OC4)nc2)CC1)C1COC1. The van der Waals surface area contributed by atoms with E-state index < -0.39 is 0 Å². The van der Waals surface area contributed by atoms with E-state index >= 15 is 0 Å². The zero-order chi connectivity index (χ0) is 20.8. The molecular formula is C23H26N6O2. The van der Waals surface area contributed by atoms with E-state index in [1.165, 1.54) is 18.5 Å². The van der Waals surface area contributed by atoms with Crippen LogP contribution in [0.4, 0.5) is 5.69 Å². The molecule has 0 N–H and O–H groups in total. The van der Waals surface area contributed by atoms with Crippen LogP contribution >= 0.6 is 0 Å². The van der Waals surface area contributed by atoms with Crippen molar-refractivity contribution in [3.05, 3.63) is 48.4 Å². The number of nitrogens with zero attached hydrogens (tertiary/aromatic N) is 6. The van der Waals surface area contributed by atoms with Gasteiger partial charge in [-0.2, -0.15) is 5.10 Å². The Labute approximate surface area is 181 Å². The monoisotopic (exact) mass is 418 g/mol. The first-order valence-electron chi connectivity index (χ1n) is 10.9. The van der Waals surface area contributed by atoms with Gasteiger partial charge in [0.1, 0.15) is 12.3 Å². The van der Waals surface area contributed by atoms with Crippen LogP contribution in [0.5, 0.6) is 5.88 Å². The van der Waals surface area contributed by atoms with Crippen molar-refractivity contribution in [2.24, 2.45) is 0 Å². The quantitative estimate of drug-likeness (QED) is 0.645. The number of pyridine rings is 2. The predicted octanol–water partition coefficient (Wildman–Crippen LogP) is 2.52. The van der Waals surface area contributed by atoms with Gasteiger partial charge in [0.15, 0.2) is 5.82 Å². The number of hydrogen-bond donors (Lipinski definition) is 0. The fourth-order valence-corrected chi connectivity index (χ4v) is 4.68. The van der Waals surface area contributed by atoms with E-state index in [1.54, 1.807) is 6.20 Å². The van der Waals surface area contributed by atoms with Gasteiger partial charge >= 0.3 is 0 Å². The Morgan fingerprint density at radius 1 is 1.06 bits per heavy atom. The Kier molecular flexibility index (Phi) is 4.61. The topological polar surface area (TPSA) is 68.5 Å². The zero-order valence-corrected chi connectivity index (χ0v) is 17.6. The molecule has 3 aliphatic heterocycles. The van der Waals surface area contributed by atoms with Crippen LogP contribution in [0.15, 0.2) is 42.9 Å². The van der Waals surface area contributed by atoms with Crippen LogP contribution in [-0.4, -0.2) is 70.1 Å². The molecule has 0 spiro atoms. The minimum Gasteiger partial charge on any atom is -0.472 e. The normalized spacial score (nSPS) is 19.0. The summed E-state index contributed by atoms with van der Waals surface area (Å²) in [6.45, 7) is 4.36. The second-order valence-electron chi connectivity index (χ2n) is 8.54. The minimum atomic E-state index is 0.480. The smallest absolute Gasteiger partial charge is 0.223 e. The maximum atomic E-state index is 5.75. The lowest BCUT2D eigenvalue weighted by Gasteiger charge is -2.43. The molecule has 3 aromatic heterocycles. The molecule has 0 aromatic carbocycles. The van der Waals surface area contributed by atoms with Gasteiger partial charge in [-0.1, -0.05) is 0 Å². The molecule has 31 heavy (non-hydrogen) atoms. The van der Waals surface area contributed by atoms with Crippen LogP contribution in [0.3, 0.4) is 0 Å². The van der Waals surface area contributed by atoms with E-state index in [-0.39, 0.29) is 0 Å². The first-order valence-corrected chi connectivity index (χ1v) is 10.9.